The van der Waals surface area contributed by atoms with Crippen molar-refractivity contribution in [2.45, 2.75) is 52.1 Å². The minimum absolute atomic E-state index is 0.520. The van der Waals surface area contributed by atoms with Gasteiger partial charge in [-0.15, -0.1) is 0 Å². The summed E-state index contributed by atoms with van der Waals surface area (Å²) in [5.74, 6) is 1.67. The summed E-state index contributed by atoms with van der Waals surface area (Å²) in [5.41, 5.74) is 0. The molecule has 1 aromatic heterocycles. The first-order valence-corrected chi connectivity index (χ1v) is 7.65. The first-order valence-electron chi connectivity index (χ1n) is 7.65. The second-order valence-electron chi connectivity index (χ2n) is 5.62. The van der Waals surface area contributed by atoms with E-state index in [9.17, 15) is 0 Å². The molecule has 0 amide bonds. The first kappa shape index (κ1) is 15.0. The van der Waals surface area contributed by atoms with E-state index < -0.39 is 0 Å². The van der Waals surface area contributed by atoms with E-state index in [0.29, 0.717) is 24.6 Å². The van der Waals surface area contributed by atoms with Gasteiger partial charge in [0, 0.05) is 31.2 Å². The van der Waals surface area contributed by atoms with Crippen molar-refractivity contribution in [1.82, 2.24) is 15.3 Å². The van der Waals surface area contributed by atoms with Crippen molar-refractivity contribution in [3.05, 3.63) is 12.4 Å². The number of rotatable bonds is 7. The number of hydrogen-bond acceptors (Lipinski definition) is 5. The number of nitrogens with one attached hydrogen (secondary N) is 1. The fourth-order valence-corrected chi connectivity index (χ4v) is 2.49. The monoisotopic (exact) mass is 278 g/mol. The van der Waals surface area contributed by atoms with Gasteiger partial charge in [-0.3, -0.25) is 0 Å². The summed E-state index contributed by atoms with van der Waals surface area (Å²) >= 11 is 0. The van der Waals surface area contributed by atoms with Gasteiger partial charge in [-0.05, 0) is 19.3 Å². The summed E-state index contributed by atoms with van der Waals surface area (Å²) in [5, 5.41) is 3.52. The lowest BCUT2D eigenvalue weighted by Crippen LogP contribution is -2.40. The Balaban J connectivity index is 2.01. The molecule has 112 valence electrons. The fourth-order valence-electron chi connectivity index (χ4n) is 2.49. The Morgan fingerprint density at radius 2 is 2.30 bits per heavy atom. The van der Waals surface area contributed by atoms with E-state index in [2.05, 4.69) is 41.0 Å². The average Bonchev–Trinajstić information content (AvgIpc) is 2.91. The van der Waals surface area contributed by atoms with Crippen LogP contribution in [0.2, 0.25) is 0 Å². The predicted octanol–water partition coefficient (Wildman–Crippen LogP) is 2.23. The lowest BCUT2D eigenvalue weighted by molar-refractivity contribution is 0.304. The SMILES string of the molecule is CCCOc1cc(N2CCCC2CNC(C)C)ncn1. The van der Waals surface area contributed by atoms with E-state index in [1.807, 2.05) is 6.07 Å². The lowest BCUT2D eigenvalue weighted by Gasteiger charge is -2.26. The largest absolute Gasteiger partial charge is 0.478 e. The predicted molar refractivity (Wildman–Crippen MR) is 81.3 cm³/mol. The molecule has 5 heteroatoms. The molecule has 0 aliphatic carbocycles. The summed E-state index contributed by atoms with van der Waals surface area (Å²) in [6.07, 6.45) is 5.03. The van der Waals surface area contributed by atoms with E-state index in [0.717, 1.165) is 25.3 Å². The minimum atomic E-state index is 0.520. The third-order valence-corrected chi connectivity index (χ3v) is 3.51. The van der Waals surface area contributed by atoms with Gasteiger partial charge >= 0.3 is 0 Å². The highest BCUT2D eigenvalue weighted by Crippen LogP contribution is 2.25. The Morgan fingerprint density at radius 1 is 1.45 bits per heavy atom. The minimum Gasteiger partial charge on any atom is -0.478 e. The summed E-state index contributed by atoms with van der Waals surface area (Å²) < 4.78 is 5.60. The van der Waals surface area contributed by atoms with Crippen molar-refractivity contribution in [2.75, 3.05) is 24.6 Å². The Labute approximate surface area is 121 Å². The number of nitrogens with zero attached hydrogens (tertiary/aromatic N) is 3. The van der Waals surface area contributed by atoms with Crippen molar-refractivity contribution in [2.24, 2.45) is 0 Å². The number of aromatic nitrogens is 2. The molecule has 0 saturated carbocycles. The molecule has 1 unspecified atom stereocenters. The maximum atomic E-state index is 5.60. The third-order valence-electron chi connectivity index (χ3n) is 3.51. The summed E-state index contributed by atoms with van der Waals surface area (Å²) in [6, 6.07) is 3.00. The maximum Gasteiger partial charge on any atom is 0.218 e. The van der Waals surface area contributed by atoms with Crippen LogP contribution < -0.4 is 15.0 Å². The fraction of sp³-hybridized carbons (Fsp3) is 0.733. The van der Waals surface area contributed by atoms with Gasteiger partial charge in [0.1, 0.15) is 12.1 Å². The third kappa shape index (κ3) is 4.07. The lowest BCUT2D eigenvalue weighted by atomic mass is 10.2. The van der Waals surface area contributed by atoms with Crippen LogP contribution in [0.1, 0.15) is 40.0 Å². The van der Waals surface area contributed by atoms with Crippen LogP contribution in [0.15, 0.2) is 12.4 Å². The molecule has 1 saturated heterocycles. The molecule has 1 aliphatic rings. The quantitative estimate of drug-likeness (QED) is 0.829. The van der Waals surface area contributed by atoms with E-state index >= 15 is 0 Å². The van der Waals surface area contributed by atoms with Crippen molar-refractivity contribution in [3.8, 4) is 5.88 Å². The van der Waals surface area contributed by atoms with Crippen LogP contribution in [0.25, 0.3) is 0 Å². The van der Waals surface area contributed by atoms with Crippen LogP contribution in [0.3, 0.4) is 0 Å². The zero-order valence-corrected chi connectivity index (χ0v) is 12.8. The molecule has 0 radical (unpaired) electrons. The maximum absolute atomic E-state index is 5.60. The highest BCUT2D eigenvalue weighted by molar-refractivity contribution is 5.43. The second kappa shape index (κ2) is 7.43. The number of ether oxygens (including phenoxy) is 1. The molecule has 20 heavy (non-hydrogen) atoms. The van der Waals surface area contributed by atoms with Crippen molar-refractivity contribution >= 4 is 5.82 Å². The van der Waals surface area contributed by atoms with Gasteiger partial charge in [-0.2, -0.15) is 0 Å². The van der Waals surface area contributed by atoms with E-state index in [4.69, 9.17) is 4.74 Å². The molecule has 2 rings (SSSR count). The van der Waals surface area contributed by atoms with Crippen molar-refractivity contribution in [1.29, 1.82) is 0 Å². The van der Waals surface area contributed by atoms with Gasteiger partial charge in [0.15, 0.2) is 0 Å². The van der Waals surface area contributed by atoms with Crippen LogP contribution in [-0.2, 0) is 0 Å². The zero-order valence-electron chi connectivity index (χ0n) is 12.8. The van der Waals surface area contributed by atoms with Gasteiger partial charge in [0.05, 0.1) is 6.61 Å². The van der Waals surface area contributed by atoms with Crippen LogP contribution in [-0.4, -0.2) is 41.7 Å². The molecule has 0 aromatic carbocycles. The first-order chi connectivity index (χ1) is 9.70. The number of hydrogen-bond donors (Lipinski definition) is 1. The van der Waals surface area contributed by atoms with Crippen LogP contribution in [0.4, 0.5) is 5.82 Å². The van der Waals surface area contributed by atoms with Gasteiger partial charge in [0.2, 0.25) is 5.88 Å². The van der Waals surface area contributed by atoms with Gasteiger partial charge in [0.25, 0.3) is 0 Å². The Hall–Kier alpha value is -1.36. The molecule has 1 aliphatic heterocycles. The second-order valence-corrected chi connectivity index (χ2v) is 5.62. The van der Waals surface area contributed by atoms with E-state index in [1.54, 1.807) is 6.33 Å². The van der Waals surface area contributed by atoms with E-state index in [-0.39, 0.29) is 0 Å². The normalized spacial score (nSPS) is 18.8. The van der Waals surface area contributed by atoms with Gasteiger partial charge in [-0.1, -0.05) is 20.8 Å². The molecule has 0 bridgehead atoms. The molecule has 0 spiro atoms. The molecule has 1 fully saturated rings. The van der Waals surface area contributed by atoms with Gasteiger partial charge < -0.3 is 15.0 Å². The highest BCUT2D eigenvalue weighted by atomic mass is 16.5. The van der Waals surface area contributed by atoms with Crippen molar-refractivity contribution < 1.29 is 4.74 Å². The van der Waals surface area contributed by atoms with Crippen LogP contribution >= 0.6 is 0 Å². The van der Waals surface area contributed by atoms with E-state index in [1.165, 1.54) is 12.8 Å². The molecule has 1 N–H and O–H groups in total. The molecule has 1 atom stereocenters. The van der Waals surface area contributed by atoms with Gasteiger partial charge in [-0.25, -0.2) is 9.97 Å². The van der Waals surface area contributed by atoms with Crippen LogP contribution in [0.5, 0.6) is 5.88 Å². The standard InChI is InChI=1S/C15H26N4O/c1-4-8-20-15-9-14(17-11-18-15)19-7-5-6-13(19)10-16-12(2)3/h9,11-13,16H,4-8,10H2,1-3H3. The zero-order chi connectivity index (χ0) is 14.4. The Kier molecular flexibility index (Phi) is 5.59. The highest BCUT2D eigenvalue weighted by Gasteiger charge is 2.25. The summed E-state index contributed by atoms with van der Waals surface area (Å²) in [6.45, 7) is 9.23. The number of anilines is 1. The molecular formula is C15H26N4O. The molecule has 5 nitrogen and oxygen atoms in total. The Morgan fingerprint density at radius 3 is 3.05 bits per heavy atom. The van der Waals surface area contributed by atoms with Crippen LogP contribution in [0, 0.1) is 0 Å². The van der Waals surface area contributed by atoms with Crippen molar-refractivity contribution in [3.63, 3.8) is 0 Å². The summed E-state index contributed by atoms with van der Waals surface area (Å²) in [4.78, 5) is 11.0. The topological polar surface area (TPSA) is 50.3 Å². The molecule has 1 aromatic rings. The summed E-state index contributed by atoms with van der Waals surface area (Å²) in [7, 11) is 0. The molecular weight excluding hydrogens is 252 g/mol. The average molecular weight is 278 g/mol. The molecule has 2 heterocycles. The smallest absolute Gasteiger partial charge is 0.218 e. The Bertz CT molecular complexity index is 411.